The topological polar surface area (TPSA) is 125 Å². The van der Waals surface area contributed by atoms with Crippen LogP contribution in [0.4, 0.5) is 5.69 Å². The third-order valence-electron chi connectivity index (χ3n) is 5.85. The van der Waals surface area contributed by atoms with Crippen LogP contribution in [0.3, 0.4) is 0 Å². The number of ether oxygens (including phenoxy) is 3. The first-order valence-electron chi connectivity index (χ1n) is 11.1. The van der Waals surface area contributed by atoms with Crippen molar-refractivity contribution in [3.63, 3.8) is 0 Å². The van der Waals surface area contributed by atoms with Crippen LogP contribution >= 0.6 is 0 Å². The van der Waals surface area contributed by atoms with E-state index in [2.05, 4.69) is 0 Å². The minimum Gasteiger partial charge on any atom is -0.458 e. The molecule has 0 aliphatic carbocycles. The zero-order valence-electron chi connectivity index (χ0n) is 20.0. The highest BCUT2D eigenvalue weighted by molar-refractivity contribution is 7.89. The summed E-state index contributed by atoms with van der Waals surface area (Å²) in [7, 11) is -1.59. The summed E-state index contributed by atoms with van der Waals surface area (Å²) >= 11 is 0. The molecule has 192 valence electrons. The van der Waals surface area contributed by atoms with E-state index < -0.39 is 33.2 Å². The molecule has 1 aliphatic heterocycles. The van der Waals surface area contributed by atoms with Crippen molar-refractivity contribution in [2.75, 3.05) is 14.2 Å². The second kappa shape index (κ2) is 10.9. The van der Waals surface area contributed by atoms with Crippen molar-refractivity contribution in [1.82, 2.24) is 4.31 Å². The van der Waals surface area contributed by atoms with Gasteiger partial charge in [0.1, 0.15) is 12.6 Å². The first kappa shape index (κ1) is 26.0. The Bertz CT molecular complexity index is 1420. The zero-order chi connectivity index (χ0) is 26.6. The summed E-state index contributed by atoms with van der Waals surface area (Å²) < 4.78 is 45.2. The van der Waals surface area contributed by atoms with E-state index in [4.69, 9.17) is 14.2 Å². The van der Waals surface area contributed by atoms with Gasteiger partial charge in [-0.05, 0) is 23.3 Å². The van der Waals surface area contributed by atoms with E-state index in [1.807, 2.05) is 18.2 Å². The van der Waals surface area contributed by atoms with Crippen LogP contribution in [0.2, 0.25) is 0 Å². The molecule has 0 N–H and O–H groups in total. The lowest BCUT2D eigenvalue weighted by Crippen LogP contribution is -2.37. The van der Waals surface area contributed by atoms with Gasteiger partial charge >= 0.3 is 5.97 Å². The van der Waals surface area contributed by atoms with E-state index in [1.54, 1.807) is 36.4 Å². The molecule has 0 bridgehead atoms. The fraction of sp³-hybridized carbons (Fsp3) is 0.192. The molecule has 0 radical (unpaired) electrons. The number of carbonyl (C=O) groups excluding carboxylic acids is 1. The number of rotatable bonds is 9. The second-order valence-electron chi connectivity index (χ2n) is 8.05. The van der Waals surface area contributed by atoms with Crippen LogP contribution in [-0.2, 0) is 35.6 Å². The van der Waals surface area contributed by atoms with Crippen molar-refractivity contribution in [2.24, 2.45) is 0 Å². The summed E-state index contributed by atoms with van der Waals surface area (Å²) in [5.74, 6) is -0.746. The van der Waals surface area contributed by atoms with Gasteiger partial charge in [0.05, 0.1) is 15.5 Å². The molecule has 37 heavy (non-hydrogen) atoms. The van der Waals surface area contributed by atoms with Crippen LogP contribution in [0.1, 0.15) is 22.7 Å². The Kier molecular flexibility index (Phi) is 7.67. The quantitative estimate of drug-likeness (QED) is 0.135. The number of nitrogens with zero attached hydrogens (tertiary/aromatic N) is 2. The molecular formula is C26H24N2O8S. The standard InChI is InChI=1S/C26H24N2O8S/c1-34-26(35-2)25-22-11-7-6-10-21(22)23(16-24(29)36-17-18-8-4-3-5-9-18)27(25)37(32,33)20-14-12-19(13-15-20)28(30)31/h3-16,25-26H,17H2,1-2H3/b23-16+. The van der Waals surface area contributed by atoms with Gasteiger partial charge in [-0.1, -0.05) is 54.6 Å². The first-order chi connectivity index (χ1) is 17.8. The number of hydrogen-bond acceptors (Lipinski definition) is 8. The SMILES string of the molecule is COC(OC)C1c2ccccc2/C(=C\C(=O)OCc2ccccc2)N1S(=O)(=O)c1ccc([N+](=O)[O-])cc1. The molecule has 3 aromatic carbocycles. The summed E-state index contributed by atoms with van der Waals surface area (Å²) in [5.41, 5.74) is 1.62. The Hall–Kier alpha value is -4.06. The molecular weight excluding hydrogens is 500 g/mol. The van der Waals surface area contributed by atoms with Crippen LogP contribution in [0.15, 0.2) is 89.8 Å². The maximum atomic E-state index is 14.0. The Balaban J connectivity index is 1.80. The Morgan fingerprint density at radius 3 is 2.24 bits per heavy atom. The maximum Gasteiger partial charge on any atom is 0.333 e. The van der Waals surface area contributed by atoms with Crippen molar-refractivity contribution in [1.29, 1.82) is 0 Å². The molecule has 0 saturated carbocycles. The van der Waals surface area contributed by atoms with Crippen LogP contribution < -0.4 is 0 Å². The van der Waals surface area contributed by atoms with E-state index in [0.29, 0.717) is 11.1 Å². The third kappa shape index (κ3) is 5.24. The van der Waals surface area contributed by atoms with Gasteiger partial charge in [0.15, 0.2) is 6.29 Å². The molecule has 0 amide bonds. The van der Waals surface area contributed by atoms with E-state index >= 15 is 0 Å². The van der Waals surface area contributed by atoms with Crippen molar-refractivity contribution < 1.29 is 32.3 Å². The van der Waals surface area contributed by atoms with Crippen LogP contribution in [0.25, 0.3) is 5.70 Å². The van der Waals surface area contributed by atoms with Gasteiger partial charge in [0.2, 0.25) is 0 Å². The summed E-state index contributed by atoms with van der Waals surface area (Å²) in [6.07, 6.45) is 0.0906. The van der Waals surface area contributed by atoms with Gasteiger partial charge in [-0.3, -0.25) is 14.4 Å². The van der Waals surface area contributed by atoms with Crippen molar-refractivity contribution in [3.05, 3.63) is 112 Å². The third-order valence-corrected chi connectivity index (χ3v) is 7.66. The monoisotopic (exact) mass is 524 g/mol. The lowest BCUT2D eigenvalue weighted by atomic mass is 10.0. The average molecular weight is 525 g/mol. The average Bonchev–Trinajstić information content (AvgIpc) is 3.23. The molecule has 0 saturated heterocycles. The van der Waals surface area contributed by atoms with Crippen LogP contribution in [0.5, 0.6) is 0 Å². The molecule has 0 spiro atoms. The smallest absolute Gasteiger partial charge is 0.333 e. The largest absolute Gasteiger partial charge is 0.458 e. The van der Waals surface area contributed by atoms with Crippen molar-refractivity contribution in [3.8, 4) is 0 Å². The number of hydrogen-bond donors (Lipinski definition) is 0. The number of esters is 1. The maximum absolute atomic E-state index is 14.0. The highest BCUT2D eigenvalue weighted by Gasteiger charge is 2.46. The minimum absolute atomic E-state index is 0.00238. The number of fused-ring (bicyclic) bond motifs is 1. The van der Waals surface area contributed by atoms with Gasteiger partial charge < -0.3 is 14.2 Å². The molecule has 3 aromatic rings. The fourth-order valence-corrected chi connectivity index (χ4v) is 5.78. The summed E-state index contributed by atoms with van der Waals surface area (Å²) in [4.78, 5) is 23.1. The highest BCUT2D eigenvalue weighted by atomic mass is 32.2. The number of carbonyl (C=O) groups is 1. The summed E-state index contributed by atoms with van der Waals surface area (Å²) in [6.45, 7) is 0.00238. The molecule has 0 aromatic heterocycles. The molecule has 4 rings (SSSR count). The predicted molar refractivity (Wildman–Crippen MR) is 133 cm³/mol. The van der Waals surface area contributed by atoms with Gasteiger partial charge in [-0.2, -0.15) is 0 Å². The zero-order valence-corrected chi connectivity index (χ0v) is 20.8. The number of nitro benzene ring substituents is 1. The molecule has 0 fully saturated rings. The predicted octanol–water partition coefficient (Wildman–Crippen LogP) is 4.04. The number of nitro groups is 1. The van der Waals surface area contributed by atoms with Crippen LogP contribution in [0, 0.1) is 10.1 Å². The number of methoxy groups -OCH3 is 2. The van der Waals surface area contributed by atoms with Crippen molar-refractivity contribution in [2.45, 2.75) is 23.8 Å². The van der Waals surface area contributed by atoms with Gasteiger partial charge in [-0.15, -0.1) is 0 Å². The lowest BCUT2D eigenvalue weighted by molar-refractivity contribution is -0.384. The normalized spacial score (nSPS) is 16.1. The van der Waals surface area contributed by atoms with Gasteiger partial charge in [-0.25, -0.2) is 13.2 Å². The number of non-ortho nitro benzene ring substituents is 1. The van der Waals surface area contributed by atoms with Crippen LogP contribution in [-0.4, -0.2) is 44.1 Å². The summed E-state index contributed by atoms with van der Waals surface area (Å²) in [6, 6.07) is 19.4. The van der Waals surface area contributed by atoms with Gasteiger partial charge in [0, 0.05) is 38.0 Å². The molecule has 1 heterocycles. The lowest BCUT2D eigenvalue weighted by Gasteiger charge is -2.31. The minimum atomic E-state index is -4.35. The molecule has 10 nitrogen and oxygen atoms in total. The molecule has 1 atom stereocenters. The van der Waals surface area contributed by atoms with E-state index in [9.17, 15) is 23.3 Å². The molecule has 11 heteroatoms. The first-order valence-corrected chi connectivity index (χ1v) is 12.6. The van der Waals surface area contributed by atoms with Crippen molar-refractivity contribution >= 4 is 27.4 Å². The van der Waals surface area contributed by atoms with E-state index in [1.165, 1.54) is 14.2 Å². The van der Waals surface area contributed by atoms with E-state index in [-0.39, 0.29) is 22.9 Å². The Morgan fingerprint density at radius 1 is 1.00 bits per heavy atom. The summed E-state index contributed by atoms with van der Waals surface area (Å²) in [5, 5.41) is 11.1. The van der Waals surface area contributed by atoms with Gasteiger partial charge in [0.25, 0.3) is 15.7 Å². The fourth-order valence-electron chi connectivity index (χ4n) is 4.15. The highest BCUT2D eigenvalue weighted by Crippen LogP contribution is 2.47. The number of sulfonamides is 1. The Labute approximate surface area is 213 Å². The number of benzene rings is 3. The van der Waals surface area contributed by atoms with E-state index in [0.717, 1.165) is 40.2 Å². The molecule has 1 unspecified atom stereocenters. The Morgan fingerprint density at radius 2 is 1.62 bits per heavy atom. The second-order valence-corrected chi connectivity index (χ2v) is 9.86. The molecule has 1 aliphatic rings.